The zero-order valence-corrected chi connectivity index (χ0v) is 18.8. The number of hydrogen-bond donors (Lipinski definition) is 2. The van der Waals surface area contributed by atoms with E-state index in [9.17, 15) is 14.7 Å². The predicted octanol–water partition coefficient (Wildman–Crippen LogP) is 2.97. The van der Waals surface area contributed by atoms with Crippen molar-refractivity contribution in [2.24, 2.45) is 46.7 Å². The van der Waals surface area contributed by atoms with Gasteiger partial charge >= 0.3 is 0 Å². The van der Waals surface area contributed by atoms with Gasteiger partial charge in [-0.3, -0.25) is 9.59 Å². The first-order valence-electron chi connectivity index (χ1n) is 12.1. The van der Waals surface area contributed by atoms with E-state index >= 15 is 0 Å². The normalized spacial score (nSPS) is 44.2. The second kappa shape index (κ2) is 7.39. The largest absolute Gasteiger partial charge is 0.390 e. The molecule has 0 radical (unpaired) electrons. The number of nitrogens with two attached hydrogens (primary N) is 1. The van der Waals surface area contributed by atoms with Crippen LogP contribution in [0.25, 0.3) is 0 Å². The van der Waals surface area contributed by atoms with Gasteiger partial charge in [-0.05, 0) is 99.7 Å². The molecule has 5 rings (SSSR count). The summed E-state index contributed by atoms with van der Waals surface area (Å²) in [6.07, 6.45) is 11.5. The topological polar surface area (TPSA) is 111 Å². The van der Waals surface area contributed by atoms with Gasteiger partial charge < -0.3 is 10.8 Å². The minimum atomic E-state index is -0.621. The quantitative estimate of drug-likeness (QED) is 0.766. The van der Waals surface area contributed by atoms with Gasteiger partial charge in [0.15, 0.2) is 11.5 Å². The molecule has 0 aromatic carbocycles. The molecule has 170 valence electrons. The molecule has 4 aliphatic carbocycles. The van der Waals surface area contributed by atoms with Crippen LogP contribution in [-0.2, 0) is 11.3 Å². The van der Waals surface area contributed by atoms with E-state index in [0.717, 1.165) is 49.9 Å². The highest BCUT2D eigenvalue weighted by Crippen LogP contribution is 2.64. The first-order chi connectivity index (χ1) is 14.7. The van der Waals surface area contributed by atoms with E-state index in [2.05, 4.69) is 17.2 Å². The molecule has 1 amide bonds. The van der Waals surface area contributed by atoms with Crippen LogP contribution in [0.2, 0.25) is 0 Å². The molecule has 0 saturated heterocycles. The van der Waals surface area contributed by atoms with Crippen LogP contribution in [0.15, 0.2) is 6.20 Å². The van der Waals surface area contributed by atoms with Gasteiger partial charge in [-0.1, -0.05) is 12.1 Å². The summed E-state index contributed by atoms with van der Waals surface area (Å²) in [5, 5.41) is 18.3. The second-order valence-corrected chi connectivity index (χ2v) is 11.5. The highest BCUT2D eigenvalue weighted by Gasteiger charge is 2.58. The molecule has 0 unspecified atom stereocenters. The number of rotatable bonds is 4. The Hall–Kier alpha value is -1.76. The number of Topliss-reactive ketones (excluding diaryl/α,β-unsaturated/α-hetero) is 1. The fourth-order valence-electron chi connectivity index (χ4n) is 8.37. The van der Waals surface area contributed by atoms with Crippen molar-refractivity contribution in [2.45, 2.75) is 83.8 Å². The van der Waals surface area contributed by atoms with Crippen molar-refractivity contribution in [1.29, 1.82) is 0 Å². The molecule has 3 N–H and O–H groups in total. The number of ketones is 1. The first kappa shape index (κ1) is 21.1. The fraction of sp³-hybridized carbons (Fsp3) is 0.833. The maximum Gasteiger partial charge on any atom is 0.270 e. The predicted molar refractivity (Wildman–Crippen MR) is 115 cm³/mol. The average Bonchev–Trinajstić information content (AvgIpc) is 3.31. The van der Waals surface area contributed by atoms with Crippen molar-refractivity contribution in [3.05, 3.63) is 11.9 Å². The molecule has 0 bridgehead atoms. The Morgan fingerprint density at radius 3 is 2.61 bits per heavy atom. The molecule has 0 aliphatic heterocycles. The van der Waals surface area contributed by atoms with Gasteiger partial charge in [0.05, 0.1) is 11.8 Å². The monoisotopic (exact) mass is 428 g/mol. The zero-order chi connectivity index (χ0) is 22.0. The van der Waals surface area contributed by atoms with Gasteiger partial charge in [0.25, 0.3) is 5.91 Å². The highest BCUT2D eigenvalue weighted by atomic mass is 16.3. The summed E-state index contributed by atoms with van der Waals surface area (Å²) in [4.78, 5) is 24.6. The van der Waals surface area contributed by atoms with E-state index in [1.54, 1.807) is 0 Å². The third-order valence-corrected chi connectivity index (χ3v) is 9.73. The summed E-state index contributed by atoms with van der Waals surface area (Å²) >= 11 is 0. The van der Waals surface area contributed by atoms with Crippen molar-refractivity contribution in [1.82, 2.24) is 15.0 Å². The molecule has 1 aromatic heterocycles. The number of aromatic nitrogens is 3. The van der Waals surface area contributed by atoms with Crippen LogP contribution >= 0.6 is 0 Å². The summed E-state index contributed by atoms with van der Waals surface area (Å²) in [5.41, 5.74) is 4.96. The number of nitrogens with zero attached hydrogens (tertiary/aromatic N) is 3. The molecule has 1 heterocycles. The van der Waals surface area contributed by atoms with Crippen molar-refractivity contribution < 1.29 is 14.7 Å². The molecule has 4 saturated carbocycles. The van der Waals surface area contributed by atoms with Gasteiger partial charge in [-0.2, -0.15) is 0 Å². The van der Waals surface area contributed by atoms with Crippen LogP contribution in [0.1, 0.15) is 82.1 Å². The lowest BCUT2D eigenvalue weighted by Gasteiger charge is -2.56. The maximum atomic E-state index is 13.3. The number of primary amides is 1. The number of fused-ring (bicyclic) bond motifs is 5. The van der Waals surface area contributed by atoms with Crippen molar-refractivity contribution in [2.75, 3.05) is 0 Å². The third kappa shape index (κ3) is 3.53. The van der Waals surface area contributed by atoms with Crippen molar-refractivity contribution >= 4 is 11.7 Å². The van der Waals surface area contributed by atoms with Crippen LogP contribution in [0, 0.1) is 40.9 Å². The first-order valence-corrected chi connectivity index (χ1v) is 12.1. The zero-order valence-electron chi connectivity index (χ0n) is 18.8. The number of amides is 1. The molecule has 0 spiro atoms. The van der Waals surface area contributed by atoms with E-state index in [-0.39, 0.29) is 29.4 Å². The molecule has 4 fully saturated rings. The molecule has 8 atom stereocenters. The molecule has 7 nitrogen and oxygen atoms in total. The smallest absolute Gasteiger partial charge is 0.270 e. The Morgan fingerprint density at radius 1 is 1.10 bits per heavy atom. The standard InChI is InChI=1S/C24H36N4O3/c1-23(31)9-7-15-14(11-23)3-4-17-16(15)8-10-24(2)18(17)5-6-19(24)21(29)13-28-12-20(22(25)30)26-27-28/h12,14-19,31H,3-11,13H2,1-2H3,(H2,25,30)/t14-,15+,16-,17-,18+,19-,23-,24+/m1/s1. The SMILES string of the molecule is C[C@@]1(O)CC[C@H]2[C@H](CC[C@@H]3[C@@H]2CC[C@]2(C)[C@@H](C(=O)Cn4cc(C(N)=O)nn4)CC[C@@H]32)C1. The summed E-state index contributed by atoms with van der Waals surface area (Å²) in [7, 11) is 0. The third-order valence-electron chi connectivity index (χ3n) is 9.73. The Morgan fingerprint density at radius 2 is 1.87 bits per heavy atom. The molecular weight excluding hydrogens is 392 g/mol. The highest BCUT2D eigenvalue weighted by molar-refractivity contribution is 5.90. The van der Waals surface area contributed by atoms with Gasteiger partial charge in [0.1, 0.15) is 6.54 Å². The number of carbonyl (C=O) groups excluding carboxylic acids is 2. The van der Waals surface area contributed by atoms with Gasteiger partial charge in [-0.15, -0.1) is 5.10 Å². The lowest BCUT2D eigenvalue weighted by atomic mass is 9.49. The second-order valence-electron chi connectivity index (χ2n) is 11.5. The van der Waals surface area contributed by atoms with E-state index < -0.39 is 11.5 Å². The number of carbonyl (C=O) groups is 2. The summed E-state index contributed by atoms with van der Waals surface area (Å²) in [5.74, 6) is 3.23. The summed E-state index contributed by atoms with van der Waals surface area (Å²) in [6, 6.07) is 0. The lowest BCUT2D eigenvalue weighted by molar-refractivity contribution is -0.133. The average molecular weight is 429 g/mol. The van der Waals surface area contributed by atoms with Crippen LogP contribution in [-0.4, -0.2) is 37.4 Å². The molecule has 7 heteroatoms. The Balaban J connectivity index is 1.29. The van der Waals surface area contributed by atoms with Gasteiger partial charge in [0, 0.05) is 5.92 Å². The minimum absolute atomic E-state index is 0.0597. The lowest BCUT2D eigenvalue weighted by Crippen LogP contribution is -2.51. The van der Waals surface area contributed by atoms with Crippen LogP contribution in [0.4, 0.5) is 0 Å². The van der Waals surface area contributed by atoms with E-state index in [4.69, 9.17) is 5.73 Å². The Bertz CT molecular complexity index is 880. The minimum Gasteiger partial charge on any atom is -0.390 e. The van der Waals surface area contributed by atoms with Crippen molar-refractivity contribution in [3.8, 4) is 0 Å². The molecule has 4 aliphatic rings. The Labute approximate surface area is 184 Å². The van der Waals surface area contributed by atoms with Crippen LogP contribution in [0.3, 0.4) is 0 Å². The Kier molecular flexibility index (Phi) is 5.03. The van der Waals surface area contributed by atoms with E-state index in [1.807, 2.05) is 6.92 Å². The number of aliphatic hydroxyl groups is 1. The number of hydrogen-bond acceptors (Lipinski definition) is 5. The summed E-state index contributed by atoms with van der Waals surface area (Å²) in [6.45, 7) is 4.54. The van der Waals surface area contributed by atoms with Crippen molar-refractivity contribution in [3.63, 3.8) is 0 Å². The molecule has 31 heavy (non-hydrogen) atoms. The fourth-order valence-corrected chi connectivity index (χ4v) is 8.37. The molecule has 1 aromatic rings. The van der Waals surface area contributed by atoms with Crippen LogP contribution in [0.5, 0.6) is 0 Å². The van der Waals surface area contributed by atoms with E-state index in [1.165, 1.54) is 36.6 Å². The van der Waals surface area contributed by atoms with Gasteiger partial charge in [-0.25, -0.2) is 4.68 Å². The summed E-state index contributed by atoms with van der Waals surface area (Å²) < 4.78 is 1.46. The maximum absolute atomic E-state index is 13.3. The van der Waals surface area contributed by atoms with Crippen LogP contribution < -0.4 is 5.73 Å². The van der Waals surface area contributed by atoms with Gasteiger partial charge in [0.2, 0.25) is 0 Å². The van der Waals surface area contributed by atoms with E-state index in [0.29, 0.717) is 11.8 Å². The molecular formula is C24H36N4O3.